The molecule has 0 saturated heterocycles. The van der Waals surface area contributed by atoms with Gasteiger partial charge in [-0.2, -0.15) is 0 Å². The molecule has 3 heterocycles. The minimum absolute atomic E-state index is 0.368. The molecule has 4 nitrogen and oxygen atoms in total. The smallest absolute Gasteiger partial charge is 0.336 e. The van der Waals surface area contributed by atoms with E-state index in [-0.39, 0.29) is 5.63 Å². The van der Waals surface area contributed by atoms with E-state index in [2.05, 4.69) is 9.97 Å². The molecule has 15 heavy (non-hydrogen) atoms. The second-order valence-electron chi connectivity index (χ2n) is 3.18. The lowest BCUT2D eigenvalue weighted by molar-refractivity contribution is 0.560. The van der Waals surface area contributed by atoms with Gasteiger partial charge in [-0.3, -0.25) is 0 Å². The molecule has 0 aliphatic heterocycles. The van der Waals surface area contributed by atoms with Gasteiger partial charge < -0.3 is 4.42 Å². The highest BCUT2D eigenvalue weighted by atomic mass is 16.4. The maximum atomic E-state index is 11.0. The van der Waals surface area contributed by atoms with E-state index in [0.717, 1.165) is 5.39 Å². The van der Waals surface area contributed by atoms with Gasteiger partial charge in [-0.05, 0) is 24.3 Å². The Hall–Kier alpha value is -2.23. The maximum absolute atomic E-state index is 11.0. The number of fused-ring (bicyclic) bond motifs is 2. The zero-order chi connectivity index (χ0) is 10.3. The van der Waals surface area contributed by atoms with Gasteiger partial charge >= 0.3 is 5.63 Å². The molecular weight excluding hydrogens is 192 g/mol. The Bertz CT molecular complexity index is 703. The maximum Gasteiger partial charge on any atom is 0.336 e. The van der Waals surface area contributed by atoms with Crippen molar-refractivity contribution < 1.29 is 4.42 Å². The summed E-state index contributed by atoms with van der Waals surface area (Å²) in [4.78, 5) is 19.4. The predicted octanol–water partition coefficient (Wildman–Crippen LogP) is 1.74. The average Bonchev–Trinajstić information content (AvgIpc) is 2.26. The van der Waals surface area contributed by atoms with Crippen molar-refractivity contribution in [3.63, 3.8) is 0 Å². The normalized spacial score (nSPS) is 10.9. The summed E-state index contributed by atoms with van der Waals surface area (Å²) in [7, 11) is 0. The molecule has 3 rings (SSSR count). The van der Waals surface area contributed by atoms with Crippen molar-refractivity contribution in [2.45, 2.75) is 0 Å². The number of aromatic nitrogens is 2. The van der Waals surface area contributed by atoms with Crippen LogP contribution >= 0.6 is 0 Å². The Balaban J connectivity index is 2.53. The van der Waals surface area contributed by atoms with Gasteiger partial charge in [-0.1, -0.05) is 0 Å². The van der Waals surface area contributed by atoms with Gasteiger partial charge in [-0.15, -0.1) is 0 Å². The van der Waals surface area contributed by atoms with E-state index in [4.69, 9.17) is 4.42 Å². The SMILES string of the molecule is O=c1ccc2nc3ncccc3cc2o1. The van der Waals surface area contributed by atoms with Gasteiger partial charge in [0, 0.05) is 17.6 Å². The Morgan fingerprint density at radius 2 is 2.13 bits per heavy atom. The van der Waals surface area contributed by atoms with Crippen molar-refractivity contribution in [1.82, 2.24) is 9.97 Å². The van der Waals surface area contributed by atoms with E-state index in [1.165, 1.54) is 6.07 Å². The van der Waals surface area contributed by atoms with Crippen LogP contribution in [0.4, 0.5) is 0 Å². The summed E-state index contributed by atoms with van der Waals surface area (Å²) in [6.45, 7) is 0. The third kappa shape index (κ3) is 1.27. The highest BCUT2D eigenvalue weighted by molar-refractivity contribution is 5.87. The number of hydrogen-bond donors (Lipinski definition) is 0. The van der Waals surface area contributed by atoms with Crippen LogP contribution < -0.4 is 5.63 Å². The zero-order valence-electron chi connectivity index (χ0n) is 7.68. The molecule has 0 atom stereocenters. The van der Waals surface area contributed by atoms with Crippen LogP contribution in [0.1, 0.15) is 0 Å². The highest BCUT2D eigenvalue weighted by Crippen LogP contribution is 2.15. The number of nitrogens with zero attached hydrogens (tertiary/aromatic N) is 2. The van der Waals surface area contributed by atoms with Crippen molar-refractivity contribution in [2.24, 2.45) is 0 Å². The first-order valence-corrected chi connectivity index (χ1v) is 4.48. The van der Waals surface area contributed by atoms with Crippen LogP contribution in [0.15, 0.2) is 45.7 Å². The molecule has 3 aromatic heterocycles. The molecule has 0 radical (unpaired) electrons. The molecule has 0 saturated carbocycles. The molecular formula is C11H6N2O2. The number of rotatable bonds is 0. The molecule has 0 aliphatic rings. The van der Waals surface area contributed by atoms with Crippen LogP contribution in [-0.2, 0) is 0 Å². The zero-order valence-corrected chi connectivity index (χ0v) is 7.68. The first-order valence-electron chi connectivity index (χ1n) is 4.48. The Morgan fingerprint density at radius 1 is 1.20 bits per heavy atom. The standard InChI is InChI=1S/C11H6N2O2/c14-10-4-3-8-9(15-10)6-7-2-1-5-12-11(7)13-8/h1-6H. The van der Waals surface area contributed by atoms with Gasteiger partial charge in [0.2, 0.25) is 0 Å². The number of hydrogen-bond acceptors (Lipinski definition) is 4. The quantitative estimate of drug-likeness (QED) is 0.516. The van der Waals surface area contributed by atoms with Crippen LogP contribution in [0.5, 0.6) is 0 Å². The van der Waals surface area contributed by atoms with E-state index >= 15 is 0 Å². The minimum Gasteiger partial charge on any atom is -0.421 e. The van der Waals surface area contributed by atoms with Gasteiger partial charge in [0.1, 0.15) is 5.52 Å². The second kappa shape index (κ2) is 2.88. The fraction of sp³-hybridized carbons (Fsp3) is 0. The van der Waals surface area contributed by atoms with Crippen LogP contribution in [0.3, 0.4) is 0 Å². The molecule has 0 aromatic carbocycles. The van der Waals surface area contributed by atoms with Crippen LogP contribution in [0, 0.1) is 0 Å². The van der Waals surface area contributed by atoms with Crippen LogP contribution in [0.25, 0.3) is 22.1 Å². The summed E-state index contributed by atoms with van der Waals surface area (Å²) in [5.74, 6) is 0. The lowest BCUT2D eigenvalue weighted by Gasteiger charge is -1.97. The summed E-state index contributed by atoms with van der Waals surface area (Å²) in [6.07, 6.45) is 1.68. The Morgan fingerprint density at radius 3 is 3.07 bits per heavy atom. The summed E-state index contributed by atoms with van der Waals surface area (Å²) >= 11 is 0. The monoisotopic (exact) mass is 198 g/mol. The lowest BCUT2D eigenvalue weighted by atomic mass is 10.2. The Kier molecular flexibility index (Phi) is 1.56. The number of pyridine rings is 2. The van der Waals surface area contributed by atoms with Gasteiger partial charge in [0.15, 0.2) is 11.2 Å². The van der Waals surface area contributed by atoms with E-state index in [1.807, 2.05) is 12.1 Å². The van der Waals surface area contributed by atoms with E-state index in [1.54, 1.807) is 18.3 Å². The molecule has 0 amide bonds. The minimum atomic E-state index is -0.368. The average molecular weight is 198 g/mol. The lowest BCUT2D eigenvalue weighted by Crippen LogP contribution is -1.95. The molecule has 0 spiro atoms. The van der Waals surface area contributed by atoms with Crippen molar-refractivity contribution in [2.75, 3.05) is 0 Å². The predicted molar refractivity (Wildman–Crippen MR) is 55.6 cm³/mol. The van der Waals surface area contributed by atoms with Crippen molar-refractivity contribution in [3.8, 4) is 0 Å². The van der Waals surface area contributed by atoms with E-state index in [0.29, 0.717) is 16.7 Å². The molecule has 72 valence electrons. The van der Waals surface area contributed by atoms with Gasteiger partial charge in [0.25, 0.3) is 0 Å². The molecule has 0 unspecified atom stereocenters. The molecule has 0 N–H and O–H groups in total. The molecule has 3 aromatic rings. The molecule has 0 bridgehead atoms. The van der Waals surface area contributed by atoms with E-state index in [9.17, 15) is 4.79 Å². The third-order valence-corrected chi connectivity index (χ3v) is 2.17. The topological polar surface area (TPSA) is 56.0 Å². The highest BCUT2D eigenvalue weighted by Gasteiger charge is 2.01. The summed E-state index contributed by atoms with van der Waals surface area (Å²) in [5.41, 5.74) is 1.41. The van der Waals surface area contributed by atoms with Crippen molar-refractivity contribution in [1.29, 1.82) is 0 Å². The Labute approximate surface area is 84.2 Å². The third-order valence-electron chi connectivity index (χ3n) is 2.17. The van der Waals surface area contributed by atoms with Crippen LogP contribution in [0.2, 0.25) is 0 Å². The molecule has 4 heteroatoms. The molecule has 0 aliphatic carbocycles. The first kappa shape index (κ1) is 8.11. The van der Waals surface area contributed by atoms with Crippen molar-refractivity contribution in [3.05, 3.63) is 46.9 Å². The van der Waals surface area contributed by atoms with Gasteiger partial charge in [0.05, 0.1) is 0 Å². The summed E-state index contributed by atoms with van der Waals surface area (Å²) < 4.78 is 5.02. The molecule has 0 fully saturated rings. The van der Waals surface area contributed by atoms with Crippen molar-refractivity contribution >= 4 is 22.1 Å². The largest absolute Gasteiger partial charge is 0.421 e. The fourth-order valence-electron chi connectivity index (χ4n) is 1.49. The van der Waals surface area contributed by atoms with Gasteiger partial charge in [-0.25, -0.2) is 14.8 Å². The fourth-order valence-corrected chi connectivity index (χ4v) is 1.49. The van der Waals surface area contributed by atoms with E-state index < -0.39 is 0 Å². The summed E-state index contributed by atoms with van der Waals surface area (Å²) in [6, 6.07) is 8.45. The first-order chi connectivity index (χ1) is 7.33. The summed E-state index contributed by atoms with van der Waals surface area (Å²) in [5, 5.41) is 0.861. The van der Waals surface area contributed by atoms with Crippen LogP contribution in [-0.4, -0.2) is 9.97 Å². The second-order valence-corrected chi connectivity index (χ2v) is 3.18.